The van der Waals surface area contributed by atoms with E-state index in [1.807, 2.05) is 0 Å². The maximum absolute atomic E-state index is 11.5. The molecule has 0 aromatic carbocycles. The molecule has 0 aromatic heterocycles. The molecule has 4 N–H and O–H groups in total. The number of piperidine rings is 1. The second-order valence-electron chi connectivity index (χ2n) is 7.73. The van der Waals surface area contributed by atoms with Gasteiger partial charge in [-0.2, -0.15) is 0 Å². The van der Waals surface area contributed by atoms with Gasteiger partial charge in [0.1, 0.15) is 0 Å². The van der Waals surface area contributed by atoms with Crippen molar-refractivity contribution in [2.24, 2.45) is 5.73 Å². The highest BCUT2D eigenvalue weighted by molar-refractivity contribution is 6.74. The highest BCUT2D eigenvalue weighted by Crippen LogP contribution is 2.39. The van der Waals surface area contributed by atoms with Gasteiger partial charge in [0.05, 0.1) is 18.2 Å². The molecule has 22 heavy (non-hydrogen) atoms. The molecule has 1 rings (SSSR count). The van der Waals surface area contributed by atoms with Gasteiger partial charge in [0, 0.05) is 13.1 Å². The number of carboxylic acid groups (broad SMARTS) is 1. The summed E-state index contributed by atoms with van der Waals surface area (Å²) in [5.41, 5.74) is 5.50. The molecule has 0 bridgehead atoms. The summed E-state index contributed by atoms with van der Waals surface area (Å²) in [4.78, 5) is 12.9. The van der Waals surface area contributed by atoms with Crippen LogP contribution in [0.3, 0.4) is 0 Å². The van der Waals surface area contributed by atoms with Crippen LogP contribution in [-0.2, 0) is 4.43 Å². The van der Waals surface area contributed by atoms with Gasteiger partial charge in [0.15, 0.2) is 8.32 Å². The fourth-order valence-corrected chi connectivity index (χ4v) is 3.99. The lowest BCUT2D eigenvalue weighted by molar-refractivity contribution is 0.000606. The van der Waals surface area contributed by atoms with E-state index in [0.29, 0.717) is 13.0 Å². The molecule has 1 aliphatic heterocycles. The van der Waals surface area contributed by atoms with Crippen molar-refractivity contribution in [1.82, 2.24) is 4.90 Å². The van der Waals surface area contributed by atoms with Gasteiger partial charge in [-0.05, 0) is 37.4 Å². The van der Waals surface area contributed by atoms with Crippen molar-refractivity contribution in [1.29, 1.82) is 0 Å². The molecule has 7 heteroatoms. The average molecular weight is 333 g/mol. The molecular formula is C15H32N2O4Si. The lowest BCUT2D eigenvalue weighted by Crippen LogP contribution is -2.57. The number of hydrogen-bond acceptors (Lipinski definition) is 4. The monoisotopic (exact) mass is 332 g/mol. The van der Waals surface area contributed by atoms with E-state index in [0.717, 1.165) is 12.8 Å². The standard InChI is InChI=1S/C15H32N2O4Si/c1-15(2,3)22(4,5)21-13-7-6-8-17(14(19)20)12(13)9-11(18)10-16/h11-13,18H,6-10,16H2,1-5H3,(H,19,20)/t11?,12-,13+/m1/s1. The normalized spacial score (nSPS) is 25.1. The summed E-state index contributed by atoms with van der Waals surface area (Å²) in [7, 11) is -1.99. The summed E-state index contributed by atoms with van der Waals surface area (Å²) in [5.74, 6) is 0. The maximum Gasteiger partial charge on any atom is 0.407 e. The van der Waals surface area contributed by atoms with Crippen LogP contribution < -0.4 is 5.73 Å². The Labute approximate surface area is 134 Å². The summed E-state index contributed by atoms with van der Waals surface area (Å²) < 4.78 is 6.46. The van der Waals surface area contributed by atoms with Crippen LogP contribution >= 0.6 is 0 Å². The summed E-state index contributed by atoms with van der Waals surface area (Å²) in [6.07, 6.45) is 0.154. The maximum atomic E-state index is 11.5. The average Bonchev–Trinajstić information content (AvgIpc) is 2.38. The van der Waals surface area contributed by atoms with Crippen LogP contribution in [0.5, 0.6) is 0 Å². The van der Waals surface area contributed by atoms with Crippen molar-refractivity contribution < 1.29 is 19.4 Å². The molecule has 1 fully saturated rings. The number of rotatable bonds is 5. The Hall–Kier alpha value is -0.633. The second kappa shape index (κ2) is 7.29. The minimum absolute atomic E-state index is 0.0650. The first-order valence-corrected chi connectivity index (χ1v) is 11.0. The van der Waals surface area contributed by atoms with E-state index >= 15 is 0 Å². The fourth-order valence-electron chi connectivity index (χ4n) is 2.61. The van der Waals surface area contributed by atoms with E-state index < -0.39 is 20.5 Å². The Bertz CT molecular complexity index is 384. The Morgan fingerprint density at radius 3 is 2.50 bits per heavy atom. The number of hydrogen-bond donors (Lipinski definition) is 3. The topological polar surface area (TPSA) is 96.0 Å². The van der Waals surface area contributed by atoms with Crippen LogP contribution in [0.4, 0.5) is 4.79 Å². The zero-order chi connectivity index (χ0) is 17.1. The number of aliphatic hydroxyl groups excluding tert-OH is 1. The van der Waals surface area contributed by atoms with Crippen molar-refractivity contribution in [3.05, 3.63) is 0 Å². The molecule has 3 atom stereocenters. The second-order valence-corrected chi connectivity index (χ2v) is 12.5. The Morgan fingerprint density at radius 1 is 1.45 bits per heavy atom. The van der Waals surface area contributed by atoms with Crippen LogP contribution in [0.15, 0.2) is 0 Å². The smallest absolute Gasteiger partial charge is 0.407 e. The summed E-state index contributed by atoms with van der Waals surface area (Å²) in [6.45, 7) is 11.5. The third kappa shape index (κ3) is 4.68. The van der Waals surface area contributed by atoms with E-state index in [1.165, 1.54) is 4.90 Å². The van der Waals surface area contributed by atoms with Gasteiger partial charge in [-0.3, -0.25) is 0 Å². The van der Waals surface area contributed by atoms with E-state index in [9.17, 15) is 15.0 Å². The van der Waals surface area contributed by atoms with Gasteiger partial charge in [0.25, 0.3) is 0 Å². The molecule has 1 saturated heterocycles. The van der Waals surface area contributed by atoms with Gasteiger partial charge >= 0.3 is 6.09 Å². The van der Waals surface area contributed by atoms with Crippen molar-refractivity contribution >= 4 is 14.4 Å². The molecule has 0 spiro atoms. The molecule has 6 nitrogen and oxygen atoms in total. The van der Waals surface area contributed by atoms with Crippen molar-refractivity contribution in [3.8, 4) is 0 Å². The highest BCUT2D eigenvalue weighted by Gasteiger charge is 2.44. The van der Waals surface area contributed by atoms with Crippen LogP contribution in [0.1, 0.15) is 40.0 Å². The first-order chi connectivity index (χ1) is 9.99. The zero-order valence-electron chi connectivity index (χ0n) is 14.5. The molecule has 1 heterocycles. The Balaban J connectivity index is 2.95. The molecular weight excluding hydrogens is 300 g/mol. The summed E-state index contributed by atoms with van der Waals surface area (Å²) in [5, 5.41) is 19.4. The SMILES string of the molecule is CC(C)(C)[Si](C)(C)O[C@H]1CCCN(C(=O)O)[C@@H]1CC(O)CN. The van der Waals surface area contributed by atoms with Crippen LogP contribution in [0.25, 0.3) is 0 Å². The predicted octanol–water partition coefficient (Wildman–Crippen LogP) is 2.23. The fraction of sp³-hybridized carbons (Fsp3) is 0.933. The van der Waals surface area contributed by atoms with Crippen LogP contribution in [-0.4, -0.2) is 60.9 Å². The van der Waals surface area contributed by atoms with Crippen LogP contribution in [0, 0.1) is 0 Å². The number of aliphatic hydroxyl groups is 1. The summed E-state index contributed by atoms with van der Waals surface area (Å²) in [6, 6.07) is -0.320. The Kier molecular flexibility index (Phi) is 6.43. The van der Waals surface area contributed by atoms with E-state index in [1.54, 1.807) is 0 Å². The predicted molar refractivity (Wildman–Crippen MR) is 89.5 cm³/mol. The molecule has 1 aliphatic rings. The molecule has 130 valence electrons. The zero-order valence-corrected chi connectivity index (χ0v) is 15.5. The van der Waals surface area contributed by atoms with Crippen LogP contribution in [0.2, 0.25) is 18.1 Å². The van der Waals surface area contributed by atoms with Gasteiger partial charge in [-0.15, -0.1) is 0 Å². The molecule has 0 aromatic rings. The summed E-state index contributed by atoms with van der Waals surface area (Å²) >= 11 is 0. The third-order valence-electron chi connectivity index (χ3n) is 5.00. The quantitative estimate of drug-likeness (QED) is 0.671. The highest BCUT2D eigenvalue weighted by atomic mass is 28.4. The van der Waals surface area contributed by atoms with E-state index in [2.05, 4.69) is 33.9 Å². The van der Waals surface area contributed by atoms with Gasteiger partial charge in [-0.25, -0.2) is 4.79 Å². The van der Waals surface area contributed by atoms with E-state index in [-0.39, 0.29) is 23.7 Å². The lowest BCUT2D eigenvalue weighted by atomic mass is 9.94. The number of likely N-dealkylation sites (tertiary alicyclic amines) is 1. The molecule has 0 saturated carbocycles. The minimum Gasteiger partial charge on any atom is -0.465 e. The minimum atomic E-state index is -1.99. The van der Waals surface area contributed by atoms with Crippen molar-refractivity contribution in [3.63, 3.8) is 0 Å². The van der Waals surface area contributed by atoms with E-state index in [4.69, 9.17) is 10.2 Å². The first kappa shape index (κ1) is 19.4. The van der Waals surface area contributed by atoms with Gasteiger partial charge in [-0.1, -0.05) is 20.8 Å². The molecule has 0 aliphatic carbocycles. The number of nitrogens with two attached hydrogens (primary N) is 1. The van der Waals surface area contributed by atoms with Crippen molar-refractivity contribution in [2.75, 3.05) is 13.1 Å². The third-order valence-corrected chi connectivity index (χ3v) is 9.51. The number of nitrogens with zero attached hydrogens (tertiary/aromatic N) is 1. The molecule has 1 amide bonds. The first-order valence-electron chi connectivity index (χ1n) is 8.05. The lowest BCUT2D eigenvalue weighted by Gasteiger charge is -2.46. The van der Waals surface area contributed by atoms with Gasteiger partial charge in [0.2, 0.25) is 0 Å². The largest absolute Gasteiger partial charge is 0.465 e. The van der Waals surface area contributed by atoms with Gasteiger partial charge < -0.3 is 25.3 Å². The number of carbonyl (C=O) groups is 1. The Morgan fingerprint density at radius 2 is 2.05 bits per heavy atom. The number of amides is 1. The molecule has 0 radical (unpaired) electrons. The molecule has 1 unspecified atom stereocenters. The van der Waals surface area contributed by atoms with Crippen molar-refractivity contribution in [2.45, 2.75) is 76.4 Å².